The number of nitrogen functional groups attached to an aromatic ring is 1. The first-order chi connectivity index (χ1) is 15.3. The fraction of sp³-hybridized carbons (Fsp3) is 0.222. The molecule has 32 heavy (non-hydrogen) atoms. The van der Waals surface area contributed by atoms with Crippen molar-refractivity contribution in [2.75, 3.05) is 17.2 Å². The largest absolute Gasteiger partial charge is 0.618 e. The maximum absolute atomic E-state index is 12.7. The number of thioether (sulfide) groups is 2. The molecule has 2 aromatic rings. The SMILES string of the molecule is Nc1nc(C(=O)C(=O)NC2C(=O)N3C(C(=O)O)=C(CSc4cccc[n+]4[O-])CS[C@@H]23)cs1. The number of nitrogens with two attached hydrogens (primary N) is 1. The van der Waals surface area contributed by atoms with Crippen molar-refractivity contribution in [1.82, 2.24) is 15.2 Å². The number of nitrogens with zero attached hydrogens (tertiary/aromatic N) is 3. The topological polar surface area (TPSA) is 170 Å². The first kappa shape index (κ1) is 22.1. The summed E-state index contributed by atoms with van der Waals surface area (Å²) in [5.74, 6) is -3.35. The third-order valence-corrected chi connectivity index (χ3v) is 7.80. The van der Waals surface area contributed by atoms with Crippen molar-refractivity contribution < 1.29 is 29.0 Å². The van der Waals surface area contributed by atoms with Gasteiger partial charge in [0.1, 0.15) is 22.8 Å². The van der Waals surface area contributed by atoms with Gasteiger partial charge in [0.25, 0.3) is 22.6 Å². The van der Waals surface area contributed by atoms with Crippen LogP contribution in [0, 0.1) is 5.21 Å². The number of carbonyl (C=O) groups excluding carboxylic acids is 3. The van der Waals surface area contributed by atoms with Crippen molar-refractivity contribution in [3.63, 3.8) is 0 Å². The molecule has 4 N–H and O–H groups in total. The highest BCUT2D eigenvalue weighted by Gasteiger charge is 2.54. The van der Waals surface area contributed by atoms with Crippen LogP contribution in [0.25, 0.3) is 0 Å². The minimum atomic E-state index is -1.28. The molecule has 1 saturated heterocycles. The van der Waals surface area contributed by atoms with Gasteiger partial charge in [0, 0.05) is 29.0 Å². The monoisotopic (exact) mass is 493 g/mol. The van der Waals surface area contributed by atoms with Gasteiger partial charge in [-0.05, 0) is 11.6 Å². The van der Waals surface area contributed by atoms with E-state index in [2.05, 4.69) is 10.3 Å². The molecule has 1 unspecified atom stereocenters. The summed E-state index contributed by atoms with van der Waals surface area (Å²) < 4.78 is 0.678. The fourth-order valence-corrected chi connectivity index (χ4v) is 6.14. The molecule has 14 heteroatoms. The van der Waals surface area contributed by atoms with Gasteiger partial charge >= 0.3 is 5.97 Å². The van der Waals surface area contributed by atoms with E-state index in [1.165, 1.54) is 35.1 Å². The Labute approximate surface area is 193 Å². The quantitative estimate of drug-likeness (QED) is 0.120. The van der Waals surface area contributed by atoms with E-state index >= 15 is 0 Å². The van der Waals surface area contributed by atoms with Crippen LogP contribution in [0.2, 0.25) is 0 Å². The maximum Gasteiger partial charge on any atom is 0.352 e. The lowest BCUT2D eigenvalue weighted by molar-refractivity contribution is -0.645. The number of hydrogen-bond donors (Lipinski definition) is 3. The predicted molar refractivity (Wildman–Crippen MR) is 117 cm³/mol. The van der Waals surface area contributed by atoms with Crippen molar-refractivity contribution >= 4 is 63.6 Å². The van der Waals surface area contributed by atoms with Crippen molar-refractivity contribution in [1.29, 1.82) is 0 Å². The van der Waals surface area contributed by atoms with Crippen LogP contribution in [-0.2, 0) is 14.4 Å². The highest BCUT2D eigenvalue weighted by molar-refractivity contribution is 8.01. The Morgan fingerprint density at radius 1 is 1.41 bits per heavy atom. The van der Waals surface area contributed by atoms with E-state index in [1.54, 1.807) is 18.2 Å². The van der Waals surface area contributed by atoms with Gasteiger partial charge in [-0.3, -0.25) is 19.3 Å². The highest BCUT2D eigenvalue weighted by Crippen LogP contribution is 2.41. The molecule has 0 radical (unpaired) electrons. The van der Waals surface area contributed by atoms with E-state index in [9.17, 15) is 29.5 Å². The van der Waals surface area contributed by atoms with E-state index in [0.717, 1.165) is 16.2 Å². The van der Waals surface area contributed by atoms with Crippen LogP contribution in [0.3, 0.4) is 0 Å². The minimum absolute atomic E-state index is 0.119. The molecule has 0 aliphatic carbocycles. The summed E-state index contributed by atoms with van der Waals surface area (Å²) in [6.07, 6.45) is 1.34. The lowest BCUT2D eigenvalue weighted by atomic mass is 10.0. The van der Waals surface area contributed by atoms with Crippen LogP contribution in [0.1, 0.15) is 10.5 Å². The molecule has 0 bridgehead atoms. The number of nitrogens with one attached hydrogen (secondary N) is 1. The van der Waals surface area contributed by atoms with Gasteiger partial charge < -0.3 is 21.4 Å². The van der Waals surface area contributed by atoms with Gasteiger partial charge in [0.2, 0.25) is 0 Å². The Hall–Kier alpha value is -3.10. The number of hydrogen-bond acceptors (Lipinski definition) is 10. The molecule has 0 aromatic carbocycles. The van der Waals surface area contributed by atoms with E-state index in [-0.39, 0.29) is 28.0 Å². The van der Waals surface area contributed by atoms with Gasteiger partial charge in [-0.15, -0.1) is 23.1 Å². The number of aromatic nitrogens is 2. The van der Waals surface area contributed by atoms with E-state index in [1.807, 2.05) is 0 Å². The fourth-order valence-electron chi connectivity index (χ4n) is 3.19. The molecule has 4 heterocycles. The Morgan fingerprint density at radius 2 is 2.19 bits per heavy atom. The number of pyridine rings is 1. The molecule has 1 fully saturated rings. The second-order valence-corrected chi connectivity index (χ2v) is 9.66. The van der Waals surface area contributed by atoms with Crippen LogP contribution in [0.15, 0.2) is 46.1 Å². The Kier molecular flexibility index (Phi) is 6.08. The standard InChI is InChI=1S/C18H15N5O6S3/c19-18-20-9(7-32-18)13(24)14(25)21-11-15(26)23-12(17(27)28)8(6-31-16(11)23)5-30-10-3-1-2-4-22(10)29/h1-4,7,11,16H,5-6H2,(H2,19,20)(H,21,25)(H,27,28)/t11?,16-/m0/s1. The lowest BCUT2D eigenvalue weighted by Gasteiger charge is -2.49. The summed E-state index contributed by atoms with van der Waals surface area (Å²) in [5.41, 5.74) is 5.67. The number of fused-ring (bicyclic) bond motifs is 1. The van der Waals surface area contributed by atoms with Crippen molar-refractivity contribution in [3.05, 3.63) is 51.9 Å². The zero-order valence-electron chi connectivity index (χ0n) is 16.1. The van der Waals surface area contributed by atoms with Crippen LogP contribution in [-0.4, -0.2) is 61.5 Å². The van der Waals surface area contributed by atoms with Gasteiger partial charge in [-0.25, -0.2) is 9.78 Å². The average molecular weight is 494 g/mol. The second kappa shape index (κ2) is 8.80. The zero-order chi connectivity index (χ0) is 23.0. The van der Waals surface area contributed by atoms with Crippen molar-refractivity contribution in [2.24, 2.45) is 0 Å². The van der Waals surface area contributed by atoms with Crippen LogP contribution in [0.5, 0.6) is 0 Å². The Morgan fingerprint density at radius 3 is 2.84 bits per heavy atom. The smallest absolute Gasteiger partial charge is 0.352 e. The van der Waals surface area contributed by atoms with Crippen molar-refractivity contribution in [2.45, 2.75) is 16.4 Å². The number of anilines is 1. The van der Waals surface area contributed by atoms with Crippen LogP contribution < -0.4 is 15.8 Å². The molecule has 2 aliphatic rings. The number of aliphatic carboxylic acids is 1. The Bertz CT molecular complexity index is 1170. The number of carboxylic acids is 1. The Balaban J connectivity index is 1.47. The average Bonchev–Trinajstić information content (AvgIpc) is 3.21. The second-order valence-electron chi connectivity index (χ2n) is 6.67. The number of Topliss-reactive ketones (excluding diaryl/α,β-unsaturated/α-hetero) is 1. The molecule has 2 amide bonds. The minimum Gasteiger partial charge on any atom is -0.618 e. The number of ketones is 1. The lowest BCUT2D eigenvalue weighted by Crippen LogP contribution is -2.71. The van der Waals surface area contributed by atoms with Gasteiger partial charge in [0.15, 0.2) is 11.3 Å². The third kappa shape index (κ3) is 4.03. The molecule has 2 atom stereocenters. The predicted octanol–water partition coefficient (Wildman–Crippen LogP) is 0.0723. The van der Waals surface area contributed by atoms with Crippen LogP contribution >= 0.6 is 34.9 Å². The normalized spacial score (nSPS) is 19.9. The van der Waals surface area contributed by atoms with Crippen molar-refractivity contribution in [3.8, 4) is 0 Å². The number of thiazole rings is 1. The first-order valence-electron chi connectivity index (χ1n) is 9.05. The summed E-state index contributed by atoms with van der Waals surface area (Å²) in [7, 11) is 0. The molecule has 166 valence electrons. The van der Waals surface area contributed by atoms with E-state index in [4.69, 9.17) is 5.73 Å². The highest BCUT2D eigenvalue weighted by atomic mass is 32.2. The summed E-state index contributed by atoms with van der Waals surface area (Å²) >= 11 is 3.45. The third-order valence-electron chi connectivity index (χ3n) is 4.68. The maximum atomic E-state index is 12.7. The van der Waals surface area contributed by atoms with Gasteiger partial charge in [-0.2, -0.15) is 4.73 Å². The van der Waals surface area contributed by atoms with E-state index < -0.39 is 35.0 Å². The molecule has 2 aliphatic heterocycles. The van der Waals surface area contributed by atoms with Gasteiger partial charge in [0.05, 0.1) is 0 Å². The summed E-state index contributed by atoms with van der Waals surface area (Å²) in [5, 5.41) is 25.1. The molecular weight excluding hydrogens is 478 g/mol. The summed E-state index contributed by atoms with van der Waals surface area (Å²) in [4.78, 5) is 53.9. The summed E-state index contributed by atoms with van der Waals surface area (Å²) in [6.45, 7) is 0. The van der Waals surface area contributed by atoms with E-state index in [0.29, 0.717) is 15.3 Å². The van der Waals surface area contributed by atoms with Crippen LogP contribution in [0.4, 0.5) is 5.13 Å². The molecule has 0 spiro atoms. The number of rotatable bonds is 7. The molecule has 2 aromatic heterocycles. The molecule has 4 rings (SSSR count). The molecule has 0 saturated carbocycles. The zero-order valence-corrected chi connectivity index (χ0v) is 18.5. The number of carboxylic acid groups (broad SMARTS) is 1. The number of amides is 2. The first-order valence-corrected chi connectivity index (χ1v) is 12.0. The summed E-state index contributed by atoms with van der Waals surface area (Å²) in [6, 6.07) is 3.86. The van der Waals surface area contributed by atoms with Gasteiger partial charge in [-0.1, -0.05) is 11.8 Å². The molecule has 11 nitrogen and oxygen atoms in total. The number of β-lactam (4-membered cyclic amide) rings is 1. The molecular formula is C18H15N5O6S3. The number of carbonyl (C=O) groups is 4.